The Hall–Kier alpha value is -2.17. The first-order chi connectivity index (χ1) is 9.97. The normalized spacial score (nSPS) is 19.7. The number of hydrogen-bond acceptors (Lipinski definition) is 3. The molecule has 1 aliphatic carbocycles. The van der Waals surface area contributed by atoms with Gasteiger partial charge in [0.05, 0.1) is 0 Å². The van der Waals surface area contributed by atoms with E-state index in [-0.39, 0.29) is 29.9 Å². The highest BCUT2D eigenvalue weighted by Crippen LogP contribution is 2.37. The number of Topliss-reactive ketones (excluding diaryl/α,β-unsaturated/α-hetero) is 1. The lowest BCUT2D eigenvalue weighted by molar-refractivity contribution is -0.122. The van der Waals surface area contributed by atoms with Crippen LogP contribution in [0.5, 0.6) is 0 Å². The summed E-state index contributed by atoms with van der Waals surface area (Å²) in [7, 11) is 0. The Morgan fingerprint density at radius 3 is 2.62 bits per heavy atom. The smallest absolute Gasteiger partial charge is 0.226 e. The van der Waals surface area contributed by atoms with Crippen molar-refractivity contribution < 1.29 is 14.4 Å². The van der Waals surface area contributed by atoms with Crippen LogP contribution in [0.4, 0.5) is 5.69 Å². The predicted molar refractivity (Wildman–Crippen MR) is 80.0 cm³/mol. The standard InChI is InChI=1S/C16H20N2O3/c1-10-8-14(10)16(21)17-7-6-15(20)18-13-5-3-4-12(9-13)11(2)19/h3-5,9-10,14H,6-8H2,1-2H3,(H,17,21)(H,18,20)/t10-,14+/m0/s1. The van der Waals surface area contributed by atoms with Crippen molar-refractivity contribution in [2.75, 3.05) is 11.9 Å². The molecular formula is C16H20N2O3. The van der Waals surface area contributed by atoms with E-state index in [2.05, 4.69) is 10.6 Å². The second kappa shape index (κ2) is 6.52. The van der Waals surface area contributed by atoms with Crippen LogP contribution in [-0.2, 0) is 9.59 Å². The molecule has 2 amide bonds. The van der Waals surface area contributed by atoms with Crippen molar-refractivity contribution in [2.45, 2.75) is 26.7 Å². The van der Waals surface area contributed by atoms with Crippen LogP contribution < -0.4 is 10.6 Å². The Morgan fingerprint density at radius 2 is 2.00 bits per heavy atom. The summed E-state index contributed by atoms with van der Waals surface area (Å²) in [5.41, 5.74) is 1.15. The molecule has 1 aromatic carbocycles. The van der Waals surface area contributed by atoms with E-state index < -0.39 is 0 Å². The minimum Gasteiger partial charge on any atom is -0.355 e. The van der Waals surface area contributed by atoms with Crippen LogP contribution in [-0.4, -0.2) is 24.1 Å². The molecule has 5 heteroatoms. The molecule has 0 saturated heterocycles. The average Bonchev–Trinajstić information content (AvgIpc) is 3.16. The minimum atomic E-state index is -0.181. The maximum absolute atomic E-state index is 11.8. The molecule has 5 nitrogen and oxygen atoms in total. The van der Waals surface area contributed by atoms with Gasteiger partial charge in [-0.1, -0.05) is 19.1 Å². The molecular weight excluding hydrogens is 268 g/mol. The first kappa shape index (κ1) is 15.2. The van der Waals surface area contributed by atoms with Gasteiger partial charge in [0.25, 0.3) is 0 Å². The van der Waals surface area contributed by atoms with Gasteiger partial charge in [-0.15, -0.1) is 0 Å². The van der Waals surface area contributed by atoms with Crippen LogP contribution in [0.1, 0.15) is 37.0 Å². The SMILES string of the molecule is CC(=O)c1cccc(NC(=O)CCNC(=O)[C@@H]2C[C@@H]2C)c1. The van der Waals surface area contributed by atoms with Gasteiger partial charge in [-0.25, -0.2) is 0 Å². The Kier molecular flexibility index (Phi) is 4.73. The fourth-order valence-electron chi connectivity index (χ4n) is 2.16. The zero-order chi connectivity index (χ0) is 15.4. The molecule has 0 aromatic heterocycles. The number of carbonyl (C=O) groups is 3. The number of anilines is 1. The second-order valence-electron chi connectivity index (χ2n) is 5.55. The van der Waals surface area contributed by atoms with E-state index in [1.165, 1.54) is 6.92 Å². The number of benzene rings is 1. The van der Waals surface area contributed by atoms with E-state index in [1.807, 2.05) is 6.92 Å². The van der Waals surface area contributed by atoms with Gasteiger partial charge in [0.1, 0.15) is 0 Å². The third kappa shape index (κ3) is 4.41. The first-order valence-corrected chi connectivity index (χ1v) is 7.16. The zero-order valence-corrected chi connectivity index (χ0v) is 12.3. The van der Waals surface area contributed by atoms with E-state index in [4.69, 9.17) is 0 Å². The molecule has 0 unspecified atom stereocenters. The van der Waals surface area contributed by atoms with E-state index in [0.717, 1.165) is 6.42 Å². The fourth-order valence-corrected chi connectivity index (χ4v) is 2.16. The lowest BCUT2D eigenvalue weighted by atomic mass is 10.1. The Balaban J connectivity index is 1.75. The van der Waals surface area contributed by atoms with Crippen LogP contribution >= 0.6 is 0 Å². The third-order valence-electron chi connectivity index (χ3n) is 3.65. The highest BCUT2D eigenvalue weighted by Gasteiger charge is 2.38. The van der Waals surface area contributed by atoms with Gasteiger partial charge in [0.2, 0.25) is 11.8 Å². The summed E-state index contributed by atoms with van der Waals surface area (Å²) < 4.78 is 0. The van der Waals surface area contributed by atoms with Gasteiger partial charge < -0.3 is 10.6 Å². The molecule has 21 heavy (non-hydrogen) atoms. The zero-order valence-electron chi connectivity index (χ0n) is 12.3. The molecule has 0 bridgehead atoms. The van der Waals surface area contributed by atoms with E-state index in [1.54, 1.807) is 24.3 Å². The number of ketones is 1. The van der Waals surface area contributed by atoms with Crippen LogP contribution in [0.2, 0.25) is 0 Å². The number of carbonyl (C=O) groups excluding carboxylic acids is 3. The van der Waals surface area contributed by atoms with E-state index in [9.17, 15) is 14.4 Å². The number of hydrogen-bond donors (Lipinski definition) is 2. The third-order valence-corrected chi connectivity index (χ3v) is 3.65. The number of nitrogens with one attached hydrogen (secondary N) is 2. The number of amides is 2. The monoisotopic (exact) mass is 288 g/mol. The topological polar surface area (TPSA) is 75.3 Å². The van der Waals surface area contributed by atoms with Crippen molar-refractivity contribution in [3.8, 4) is 0 Å². The van der Waals surface area contributed by atoms with Crippen LogP contribution in [0, 0.1) is 11.8 Å². The second-order valence-corrected chi connectivity index (χ2v) is 5.55. The quantitative estimate of drug-likeness (QED) is 0.786. The molecule has 1 aromatic rings. The molecule has 2 N–H and O–H groups in total. The Morgan fingerprint density at radius 1 is 1.29 bits per heavy atom. The summed E-state index contributed by atoms with van der Waals surface area (Å²) in [5.74, 6) is 0.402. The molecule has 1 fully saturated rings. The molecule has 0 spiro atoms. The molecule has 112 valence electrons. The van der Waals surface area contributed by atoms with Gasteiger partial charge >= 0.3 is 0 Å². The predicted octanol–water partition coefficient (Wildman–Crippen LogP) is 1.99. The lowest BCUT2D eigenvalue weighted by Crippen LogP contribution is -2.29. The number of rotatable bonds is 6. The lowest BCUT2D eigenvalue weighted by Gasteiger charge is -2.07. The van der Waals surface area contributed by atoms with Crippen molar-refractivity contribution in [3.63, 3.8) is 0 Å². The van der Waals surface area contributed by atoms with Crippen molar-refractivity contribution in [1.29, 1.82) is 0 Å². The molecule has 0 aliphatic heterocycles. The van der Waals surface area contributed by atoms with Gasteiger partial charge in [0, 0.05) is 30.1 Å². The molecule has 2 rings (SSSR count). The Bertz CT molecular complexity index is 568. The molecule has 2 atom stereocenters. The van der Waals surface area contributed by atoms with Crippen LogP contribution in [0.25, 0.3) is 0 Å². The van der Waals surface area contributed by atoms with Gasteiger partial charge in [-0.3, -0.25) is 14.4 Å². The molecule has 0 radical (unpaired) electrons. The molecule has 1 saturated carbocycles. The maximum Gasteiger partial charge on any atom is 0.226 e. The van der Waals surface area contributed by atoms with Crippen molar-refractivity contribution in [3.05, 3.63) is 29.8 Å². The van der Waals surface area contributed by atoms with Crippen LogP contribution in [0.15, 0.2) is 24.3 Å². The largest absolute Gasteiger partial charge is 0.355 e. The summed E-state index contributed by atoms with van der Waals surface area (Å²) >= 11 is 0. The fraction of sp³-hybridized carbons (Fsp3) is 0.438. The summed E-state index contributed by atoms with van der Waals surface area (Å²) in [4.78, 5) is 34.6. The maximum atomic E-state index is 11.8. The van der Waals surface area contributed by atoms with Gasteiger partial charge in [0.15, 0.2) is 5.78 Å². The summed E-state index contributed by atoms with van der Waals surface area (Å²) in [5, 5.41) is 5.49. The van der Waals surface area contributed by atoms with Gasteiger partial charge in [-0.05, 0) is 31.4 Å². The molecule has 1 aliphatic rings. The van der Waals surface area contributed by atoms with E-state index in [0.29, 0.717) is 23.7 Å². The van der Waals surface area contributed by atoms with Crippen LogP contribution in [0.3, 0.4) is 0 Å². The highest BCUT2D eigenvalue weighted by molar-refractivity contribution is 5.97. The van der Waals surface area contributed by atoms with E-state index >= 15 is 0 Å². The Labute approximate surface area is 124 Å². The van der Waals surface area contributed by atoms with Crippen molar-refractivity contribution in [1.82, 2.24) is 5.32 Å². The van der Waals surface area contributed by atoms with Crippen molar-refractivity contribution >= 4 is 23.3 Å². The highest BCUT2D eigenvalue weighted by atomic mass is 16.2. The summed E-state index contributed by atoms with van der Waals surface area (Å²) in [6, 6.07) is 6.80. The minimum absolute atomic E-state index is 0.0360. The summed E-state index contributed by atoms with van der Waals surface area (Å²) in [6.07, 6.45) is 1.16. The van der Waals surface area contributed by atoms with Crippen molar-refractivity contribution in [2.24, 2.45) is 11.8 Å². The summed E-state index contributed by atoms with van der Waals surface area (Å²) in [6.45, 7) is 3.86. The van der Waals surface area contributed by atoms with Gasteiger partial charge in [-0.2, -0.15) is 0 Å². The molecule has 0 heterocycles. The first-order valence-electron chi connectivity index (χ1n) is 7.16. The average molecular weight is 288 g/mol.